The molecule has 2 aromatic heterocycles. The number of nitrogens with zero attached hydrogens (tertiary/aromatic N) is 2. The highest BCUT2D eigenvalue weighted by Gasteiger charge is 2.23. The molecule has 0 saturated heterocycles. The van der Waals surface area contributed by atoms with Gasteiger partial charge in [-0.05, 0) is 38.1 Å². The number of nitrogens with one attached hydrogen (secondary N) is 1. The number of esters is 1. The number of fused-ring (bicyclic) bond motifs is 1. The number of methoxy groups -OCH3 is 1. The molecule has 9 heteroatoms. The summed E-state index contributed by atoms with van der Waals surface area (Å²) in [6.07, 6.45) is 0.312. The Morgan fingerprint density at radius 3 is 2.59 bits per heavy atom. The molecule has 0 aliphatic heterocycles. The Bertz CT molecular complexity index is 1410. The van der Waals surface area contributed by atoms with Gasteiger partial charge in [0.15, 0.2) is 6.10 Å². The van der Waals surface area contributed by atoms with E-state index in [1.54, 1.807) is 56.1 Å². The standard InChI is InChI=1S/C25H25N3O6/c1-15-23(25(31)28(27(15)3)18-8-6-5-7-9-18)26-24(30)16(2)34-22(29)12-17-14-33-21-13-19(32-4)10-11-20(17)21/h5-11,13-14,16H,12H2,1-4H3,(H,26,30)/t16-/m0/s1. The fourth-order valence-electron chi connectivity index (χ4n) is 3.71. The third kappa shape index (κ3) is 4.32. The summed E-state index contributed by atoms with van der Waals surface area (Å²) in [6.45, 7) is 3.19. The van der Waals surface area contributed by atoms with E-state index in [9.17, 15) is 14.4 Å². The van der Waals surface area contributed by atoms with E-state index in [1.165, 1.54) is 17.9 Å². The zero-order valence-electron chi connectivity index (χ0n) is 19.3. The Labute approximate surface area is 195 Å². The molecule has 34 heavy (non-hydrogen) atoms. The SMILES string of the molecule is COc1ccc2c(CC(=O)O[C@@H](C)C(=O)Nc3c(C)n(C)n(-c4ccccc4)c3=O)coc2c1. The molecule has 0 aliphatic carbocycles. The van der Waals surface area contributed by atoms with Crippen LogP contribution in [-0.4, -0.2) is 34.5 Å². The lowest BCUT2D eigenvalue weighted by Crippen LogP contribution is -2.32. The lowest BCUT2D eigenvalue weighted by molar-refractivity contribution is -0.152. The molecule has 0 aliphatic rings. The van der Waals surface area contributed by atoms with Crippen LogP contribution in [0, 0.1) is 6.92 Å². The molecule has 0 fully saturated rings. The minimum atomic E-state index is -1.10. The van der Waals surface area contributed by atoms with Gasteiger partial charge in [0, 0.05) is 24.1 Å². The zero-order chi connectivity index (χ0) is 24.4. The topological polar surface area (TPSA) is 105 Å². The van der Waals surface area contributed by atoms with Gasteiger partial charge < -0.3 is 19.2 Å². The van der Waals surface area contributed by atoms with Crippen LogP contribution in [0.3, 0.4) is 0 Å². The molecule has 2 heterocycles. The number of rotatable bonds is 7. The summed E-state index contributed by atoms with van der Waals surface area (Å²) >= 11 is 0. The number of hydrogen-bond acceptors (Lipinski definition) is 6. The maximum absolute atomic E-state index is 13.0. The number of ether oxygens (including phenoxy) is 2. The Morgan fingerprint density at radius 1 is 1.15 bits per heavy atom. The van der Waals surface area contributed by atoms with Crippen LogP contribution in [-0.2, 0) is 27.8 Å². The maximum Gasteiger partial charge on any atom is 0.311 e. The summed E-state index contributed by atoms with van der Waals surface area (Å²) in [6, 6.07) is 14.4. The summed E-state index contributed by atoms with van der Waals surface area (Å²) in [5, 5.41) is 3.37. The Hall–Kier alpha value is -4.27. The van der Waals surface area contributed by atoms with Crippen molar-refractivity contribution in [2.45, 2.75) is 26.4 Å². The molecule has 4 aromatic rings. The van der Waals surface area contributed by atoms with Crippen LogP contribution in [0.25, 0.3) is 16.7 Å². The van der Waals surface area contributed by atoms with Crippen molar-refractivity contribution in [1.29, 1.82) is 0 Å². The smallest absolute Gasteiger partial charge is 0.311 e. The number of aromatic nitrogens is 2. The molecule has 4 rings (SSSR count). The van der Waals surface area contributed by atoms with Gasteiger partial charge in [0.05, 0.1) is 31.2 Å². The van der Waals surface area contributed by atoms with Crippen molar-refractivity contribution in [3.05, 3.63) is 76.4 Å². The third-order valence-corrected chi connectivity index (χ3v) is 5.68. The molecular weight excluding hydrogens is 438 g/mol. The second-order valence-corrected chi connectivity index (χ2v) is 7.86. The van der Waals surface area contributed by atoms with Crippen LogP contribution >= 0.6 is 0 Å². The number of benzene rings is 2. The first kappa shape index (κ1) is 22.9. The highest BCUT2D eigenvalue weighted by atomic mass is 16.5. The number of carbonyl (C=O) groups is 2. The van der Waals surface area contributed by atoms with Gasteiger partial charge in [0.2, 0.25) is 0 Å². The summed E-state index contributed by atoms with van der Waals surface area (Å²) in [7, 11) is 3.29. The summed E-state index contributed by atoms with van der Waals surface area (Å²) in [4.78, 5) is 38.2. The van der Waals surface area contributed by atoms with E-state index in [-0.39, 0.29) is 17.7 Å². The highest BCUT2D eigenvalue weighted by molar-refractivity contribution is 5.96. The molecule has 9 nitrogen and oxygen atoms in total. The van der Waals surface area contributed by atoms with Gasteiger partial charge in [-0.25, -0.2) is 4.68 Å². The van der Waals surface area contributed by atoms with Crippen molar-refractivity contribution in [2.24, 2.45) is 7.05 Å². The van der Waals surface area contributed by atoms with E-state index in [4.69, 9.17) is 13.9 Å². The lowest BCUT2D eigenvalue weighted by Gasteiger charge is -2.12. The molecule has 0 unspecified atom stereocenters. The molecule has 0 bridgehead atoms. The van der Waals surface area contributed by atoms with Crippen LogP contribution < -0.4 is 15.6 Å². The summed E-state index contributed by atoms with van der Waals surface area (Å²) in [5.41, 5.74) is 2.22. The van der Waals surface area contributed by atoms with Crippen LogP contribution in [0.4, 0.5) is 5.69 Å². The first-order valence-corrected chi connectivity index (χ1v) is 10.7. The Balaban J connectivity index is 1.45. The minimum absolute atomic E-state index is 0.0673. The molecule has 0 saturated carbocycles. The van der Waals surface area contributed by atoms with E-state index in [2.05, 4.69) is 5.32 Å². The number of hydrogen-bond donors (Lipinski definition) is 1. The second kappa shape index (κ2) is 9.30. The van der Waals surface area contributed by atoms with Crippen molar-refractivity contribution in [3.8, 4) is 11.4 Å². The molecule has 1 N–H and O–H groups in total. The first-order chi connectivity index (χ1) is 16.3. The average molecular weight is 463 g/mol. The van der Waals surface area contributed by atoms with E-state index < -0.39 is 18.0 Å². The van der Waals surface area contributed by atoms with Crippen molar-refractivity contribution in [3.63, 3.8) is 0 Å². The van der Waals surface area contributed by atoms with Gasteiger partial charge in [-0.1, -0.05) is 18.2 Å². The fourth-order valence-corrected chi connectivity index (χ4v) is 3.71. The fraction of sp³-hybridized carbons (Fsp3) is 0.240. The molecule has 0 spiro atoms. The highest BCUT2D eigenvalue weighted by Crippen LogP contribution is 2.26. The molecule has 1 amide bonds. The quantitative estimate of drug-likeness (QED) is 0.422. The van der Waals surface area contributed by atoms with Gasteiger partial charge in [0.1, 0.15) is 17.0 Å². The maximum atomic E-state index is 13.0. The number of anilines is 1. The van der Waals surface area contributed by atoms with Gasteiger partial charge in [-0.15, -0.1) is 0 Å². The van der Waals surface area contributed by atoms with E-state index in [0.29, 0.717) is 28.3 Å². The summed E-state index contributed by atoms with van der Waals surface area (Å²) < 4.78 is 19.1. The van der Waals surface area contributed by atoms with Crippen molar-refractivity contribution in [1.82, 2.24) is 9.36 Å². The van der Waals surface area contributed by atoms with Crippen LogP contribution in [0.15, 0.2) is 64.0 Å². The van der Waals surface area contributed by atoms with E-state index in [0.717, 1.165) is 5.39 Å². The lowest BCUT2D eigenvalue weighted by atomic mass is 10.1. The molecule has 2 aromatic carbocycles. The largest absolute Gasteiger partial charge is 0.497 e. The normalized spacial score (nSPS) is 11.9. The number of carbonyl (C=O) groups excluding carboxylic acids is 2. The monoisotopic (exact) mass is 463 g/mol. The van der Waals surface area contributed by atoms with E-state index >= 15 is 0 Å². The number of amides is 1. The average Bonchev–Trinajstić information content (AvgIpc) is 3.32. The van der Waals surface area contributed by atoms with Gasteiger partial charge in [0.25, 0.3) is 11.5 Å². The van der Waals surface area contributed by atoms with Crippen molar-refractivity contribution in [2.75, 3.05) is 12.4 Å². The molecule has 1 atom stereocenters. The Morgan fingerprint density at radius 2 is 1.88 bits per heavy atom. The van der Waals surface area contributed by atoms with Crippen LogP contribution in [0.1, 0.15) is 18.2 Å². The van der Waals surface area contributed by atoms with Crippen molar-refractivity contribution >= 4 is 28.5 Å². The van der Waals surface area contributed by atoms with Crippen LogP contribution in [0.5, 0.6) is 5.75 Å². The number of furan rings is 1. The molecule has 176 valence electrons. The Kier molecular flexibility index (Phi) is 6.27. The van der Waals surface area contributed by atoms with Gasteiger partial charge in [-0.2, -0.15) is 0 Å². The molecule has 0 radical (unpaired) electrons. The van der Waals surface area contributed by atoms with Gasteiger partial charge >= 0.3 is 5.97 Å². The van der Waals surface area contributed by atoms with Crippen molar-refractivity contribution < 1.29 is 23.5 Å². The van der Waals surface area contributed by atoms with E-state index in [1.807, 2.05) is 18.2 Å². The van der Waals surface area contributed by atoms with Crippen LogP contribution in [0.2, 0.25) is 0 Å². The predicted molar refractivity (Wildman–Crippen MR) is 126 cm³/mol. The predicted octanol–water partition coefficient (Wildman–Crippen LogP) is 3.35. The second-order valence-electron chi connectivity index (χ2n) is 7.86. The molecular formula is C25H25N3O6. The summed E-state index contributed by atoms with van der Waals surface area (Å²) in [5.74, 6) is -0.544. The number of para-hydroxylation sites is 1. The minimum Gasteiger partial charge on any atom is -0.497 e. The first-order valence-electron chi connectivity index (χ1n) is 10.7. The van der Waals surface area contributed by atoms with Gasteiger partial charge in [-0.3, -0.25) is 19.1 Å². The third-order valence-electron chi connectivity index (χ3n) is 5.68. The zero-order valence-corrected chi connectivity index (χ0v) is 19.3.